The second-order valence-corrected chi connectivity index (χ2v) is 4.41. The number of fused-ring (bicyclic) bond motifs is 1. The molecule has 1 heterocycles. The standard InChI is InChI=1S/C16H12N2O2/c19-16(20)12-4-6-13(7-5-12)18-15-3-1-2-11-8-9-17-10-14(11)15/h1-10,18H,(H,19,20). The third-order valence-corrected chi connectivity index (χ3v) is 3.09. The van der Waals surface area contributed by atoms with E-state index < -0.39 is 5.97 Å². The van der Waals surface area contributed by atoms with Crippen LogP contribution < -0.4 is 5.32 Å². The zero-order chi connectivity index (χ0) is 13.9. The number of carboxylic acids is 1. The van der Waals surface area contributed by atoms with E-state index in [1.165, 1.54) is 0 Å². The Labute approximate surface area is 115 Å². The first-order valence-corrected chi connectivity index (χ1v) is 6.17. The number of hydrogen-bond donors (Lipinski definition) is 2. The van der Waals surface area contributed by atoms with E-state index in [9.17, 15) is 4.79 Å². The topological polar surface area (TPSA) is 62.2 Å². The average molecular weight is 264 g/mol. The molecule has 0 aliphatic heterocycles. The Morgan fingerprint density at radius 2 is 1.85 bits per heavy atom. The van der Waals surface area contributed by atoms with Crippen molar-refractivity contribution in [1.82, 2.24) is 4.98 Å². The molecule has 4 nitrogen and oxygen atoms in total. The Kier molecular flexibility index (Phi) is 3.05. The maximum Gasteiger partial charge on any atom is 0.335 e. The van der Waals surface area contributed by atoms with Crippen LogP contribution in [0.5, 0.6) is 0 Å². The summed E-state index contributed by atoms with van der Waals surface area (Å²) in [7, 11) is 0. The van der Waals surface area contributed by atoms with E-state index in [0.29, 0.717) is 0 Å². The lowest BCUT2D eigenvalue weighted by molar-refractivity contribution is 0.0697. The van der Waals surface area contributed by atoms with Crippen LogP contribution in [0.4, 0.5) is 11.4 Å². The molecule has 0 amide bonds. The zero-order valence-electron chi connectivity index (χ0n) is 10.6. The van der Waals surface area contributed by atoms with Crippen LogP contribution in [-0.2, 0) is 0 Å². The van der Waals surface area contributed by atoms with Gasteiger partial charge in [-0.2, -0.15) is 0 Å². The number of rotatable bonds is 3. The molecule has 0 fully saturated rings. The fourth-order valence-electron chi connectivity index (χ4n) is 2.07. The molecule has 0 aliphatic carbocycles. The summed E-state index contributed by atoms with van der Waals surface area (Å²) in [4.78, 5) is 15.0. The number of anilines is 2. The normalized spacial score (nSPS) is 10.4. The monoisotopic (exact) mass is 264 g/mol. The predicted octanol–water partition coefficient (Wildman–Crippen LogP) is 3.68. The van der Waals surface area contributed by atoms with Crippen LogP contribution in [-0.4, -0.2) is 16.1 Å². The highest BCUT2D eigenvalue weighted by molar-refractivity contribution is 5.95. The quantitative estimate of drug-likeness (QED) is 0.757. The van der Waals surface area contributed by atoms with Crippen molar-refractivity contribution in [2.75, 3.05) is 5.32 Å². The third kappa shape index (κ3) is 2.31. The van der Waals surface area contributed by atoms with Crippen molar-refractivity contribution in [1.29, 1.82) is 0 Å². The van der Waals surface area contributed by atoms with Crippen molar-refractivity contribution in [2.24, 2.45) is 0 Å². The van der Waals surface area contributed by atoms with Crippen LogP contribution in [0.1, 0.15) is 10.4 Å². The van der Waals surface area contributed by atoms with Gasteiger partial charge in [0, 0.05) is 29.2 Å². The molecule has 1 aromatic heterocycles. The number of aromatic nitrogens is 1. The van der Waals surface area contributed by atoms with Gasteiger partial charge in [0.05, 0.1) is 5.56 Å². The van der Waals surface area contributed by atoms with Crippen LogP contribution >= 0.6 is 0 Å². The summed E-state index contributed by atoms with van der Waals surface area (Å²) in [6.07, 6.45) is 3.57. The highest BCUT2D eigenvalue weighted by Crippen LogP contribution is 2.25. The van der Waals surface area contributed by atoms with E-state index in [4.69, 9.17) is 5.11 Å². The van der Waals surface area contributed by atoms with E-state index in [1.807, 2.05) is 30.5 Å². The van der Waals surface area contributed by atoms with Gasteiger partial charge < -0.3 is 10.4 Å². The molecular weight excluding hydrogens is 252 g/mol. The number of benzene rings is 2. The fourth-order valence-corrected chi connectivity index (χ4v) is 2.07. The van der Waals surface area contributed by atoms with Crippen LogP contribution in [0.25, 0.3) is 10.8 Å². The molecule has 0 unspecified atom stereocenters. The summed E-state index contributed by atoms with van der Waals surface area (Å²) in [6, 6.07) is 14.6. The van der Waals surface area contributed by atoms with Crippen LogP contribution in [0.2, 0.25) is 0 Å². The number of aromatic carboxylic acids is 1. The minimum absolute atomic E-state index is 0.273. The van der Waals surface area contributed by atoms with Crippen molar-refractivity contribution in [3.05, 3.63) is 66.5 Å². The summed E-state index contributed by atoms with van der Waals surface area (Å²) in [6.45, 7) is 0. The number of carbonyl (C=O) groups is 1. The number of nitrogens with zero attached hydrogens (tertiary/aromatic N) is 1. The first kappa shape index (κ1) is 12.2. The second kappa shape index (κ2) is 5.01. The molecule has 0 saturated carbocycles. The van der Waals surface area contributed by atoms with Gasteiger partial charge in [0.15, 0.2) is 0 Å². The Bertz CT molecular complexity index is 762. The number of nitrogens with one attached hydrogen (secondary N) is 1. The highest BCUT2D eigenvalue weighted by atomic mass is 16.4. The molecule has 2 aromatic carbocycles. The Morgan fingerprint density at radius 3 is 2.60 bits per heavy atom. The molecule has 0 saturated heterocycles. The van der Waals surface area contributed by atoms with Crippen molar-refractivity contribution < 1.29 is 9.90 Å². The molecule has 0 radical (unpaired) electrons. The van der Waals surface area contributed by atoms with Gasteiger partial charge in [0.25, 0.3) is 0 Å². The molecule has 98 valence electrons. The molecule has 20 heavy (non-hydrogen) atoms. The Hall–Kier alpha value is -2.88. The maximum atomic E-state index is 10.8. The van der Waals surface area contributed by atoms with Gasteiger partial charge in [-0.1, -0.05) is 12.1 Å². The molecule has 0 bridgehead atoms. The van der Waals surface area contributed by atoms with E-state index in [1.54, 1.807) is 30.5 Å². The Morgan fingerprint density at radius 1 is 1.05 bits per heavy atom. The second-order valence-electron chi connectivity index (χ2n) is 4.41. The van der Waals surface area contributed by atoms with Crippen molar-refractivity contribution in [3.8, 4) is 0 Å². The summed E-state index contributed by atoms with van der Waals surface area (Å²) in [5.41, 5.74) is 2.06. The number of carboxylic acid groups (broad SMARTS) is 1. The van der Waals surface area contributed by atoms with Gasteiger partial charge in [0.2, 0.25) is 0 Å². The number of pyridine rings is 1. The summed E-state index contributed by atoms with van der Waals surface area (Å²) in [5.74, 6) is -0.925. The molecule has 3 aromatic rings. The minimum Gasteiger partial charge on any atom is -0.478 e. The third-order valence-electron chi connectivity index (χ3n) is 3.09. The van der Waals surface area contributed by atoms with Gasteiger partial charge in [-0.05, 0) is 41.8 Å². The van der Waals surface area contributed by atoms with Gasteiger partial charge >= 0.3 is 5.97 Å². The van der Waals surface area contributed by atoms with Crippen LogP contribution in [0, 0.1) is 0 Å². The van der Waals surface area contributed by atoms with Gasteiger partial charge in [-0.15, -0.1) is 0 Å². The average Bonchev–Trinajstić information content (AvgIpc) is 2.48. The molecule has 0 spiro atoms. The molecule has 2 N–H and O–H groups in total. The molecular formula is C16H12N2O2. The van der Waals surface area contributed by atoms with Crippen LogP contribution in [0.3, 0.4) is 0 Å². The SMILES string of the molecule is O=C(O)c1ccc(Nc2cccc3ccncc23)cc1. The first-order chi connectivity index (χ1) is 9.74. The summed E-state index contributed by atoms with van der Waals surface area (Å²) in [5, 5.41) is 14.3. The van der Waals surface area contributed by atoms with Crippen molar-refractivity contribution in [2.45, 2.75) is 0 Å². The van der Waals surface area contributed by atoms with E-state index in [2.05, 4.69) is 10.3 Å². The Balaban J connectivity index is 1.95. The van der Waals surface area contributed by atoms with Gasteiger partial charge in [0.1, 0.15) is 0 Å². The maximum absolute atomic E-state index is 10.8. The lowest BCUT2D eigenvalue weighted by atomic mass is 10.1. The van der Waals surface area contributed by atoms with E-state index in [0.717, 1.165) is 22.1 Å². The molecule has 3 rings (SSSR count). The number of hydrogen-bond acceptors (Lipinski definition) is 3. The lowest BCUT2D eigenvalue weighted by Crippen LogP contribution is -1.97. The molecule has 4 heteroatoms. The summed E-state index contributed by atoms with van der Waals surface area (Å²) >= 11 is 0. The first-order valence-electron chi connectivity index (χ1n) is 6.17. The van der Waals surface area contributed by atoms with Gasteiger partial charge in [-0.3, -0.25) is 4.98 Å². The largest absolute Gasteiger partial charge is 0.478 e. The highest BCUT2D eigenvalue weighted by Gasteiger charge is 2.04. The summed E-state index contributed by atoms with van der Waals surface area (Å²) < 4.78 is 0. The van der Waals surface area contributed by atoms with Crippen molar-refractivity contribution in [3.63, 3.8) is 0 Å². The van der Waals surface area contributed by atoms with Crippen LogP contribution in [0.15, 0.2) is 60.9 Å². The fraction of sp³-hybridized carbons (Fsp3) is 0. The zero-order valence-corrected chi connectivity index (χ0v) is 10.6. The predicted molar refractivity (Wildman–Crippen MR) is 78.4 cm³/mol. The lowest BCUT2D eigenvalue weighted by Gasteiger charge is -2.09. The van der Waals surface area contributed by atoms with Crippen molar-refractivity contribution >= 4 is 28.1 Å². The van der Waals surface area contributed by atoms with E-state index in [-0.39, 0.29) is 5.56 Å². The van der Waals surface area contributed by atoms with E-state index >= 15 is 0 Å². The molecule has 0 aliphatic rings. The smallest absolute Gasteiger partial charge is 0.335 e. The van der Waals surface area contributed by atoms with Gasteiger partial charge in [-0.25, -0.2) is 4.79 Å². The molecule has 0 atom stereocenters. The minimum atomic E-state index is -0.925.